The molecule has 0 aromatic carbocycles. The largest absolute Gasteiger partial charge is 0.394 e. The Bertz CT molecular complexity index is 345. The van der Waals surface area contributed by atoms with Crippen LogP contribution in [0.4, 0.5) is 5.13 Å². The molecule has 0 aliphatic carbocycles. The van der Waals surface area contributed by atoms with Gasteiger partial charge in [-0.1, -0.05) is 30.0 Å². The Morgan fingerprint density at radius 1 is 1.47 bits per heavy atom. The van der Waals surface area contributed by atoms with Gasteiger partial charge in [0, 0.05) is 25.4 Å². The Labute approximate surface area is 111 Å². The first-order valence-corrected chi connectivity index (χ1v) is 7.30. The molecule has 1 aromatic heterocycles. The van der Waals surface area contributed by atoms with E-state index in [1.54, 1.807) is 23.1 Å². The number of aromatic nitrogens is 2. The van der Waals surface area contributed by atoms with Crippen LogP contribution in [0, 0.1) is 0 Å². The lowest BCUT2D eigenvalue weighted by atomic mass is 10.1. The molecule has 0 spiro atoms. The summed E-state index contributed by atoms with van der Waals surface area (Å²) in [5.41, 5.74) is -0.261. The third-order valence-electron chi connectivity index (χ3n) is 2.25. The maximum atomic E-state index is 9.37. The molecular formula is C10H20N4OS2. The number of hydrogen-bond acceptors (Lipinski definition) is 7. The van der Waals surface area contributed by atoms with E-state index in [0.717, 1.165) is 21.8 Å². The van der Waals surface area contributed by atoms with Crippen molar-refractivity contribution >= 4 is 28.2 Å². The van der Waals surface area contributed by atoms with Crippen LogP contribution in [0.1, 0.15) is 13.8 Å². The minimum atomic E-state index is -0.261. The van der Waals surface area contributed by atoms with Crippen LogP contribution in [0.25, 0.3) is 0 Å². The molecule has 98 valence electrons. The van der Waals surface area contributed by atoms with E-state index < -0.39 is 0 Å². The van der Waals surface area contributed by atoms with Crippen molar-refractivity contribution in [2.75, 3.05) is 37.9 Å². The molecule has 0 bridgehead atoms. The number of anilines is 1. The van der Waals surface area contributed by atoms with Crippen LogP contribution in [0.2, 0.25) is 0 Å². The summed E-state index contributed by atoms with van der Waals surface area (Å²) in [6.07, 6.45) is 0. The average Bonchev–Trinajstić information content (AvgIpc) is 2.76. The van der Waals surface area contributed by atoms with Crippen LogP contribution in [-0.4, -0.2) is 53.8 Å². The predicted molar refractivity (Wildman–Crippen MR) is 74.1 cm³/mol. The SMILES string of the molecule is CCNC(C)(CO)CSc1nnc(N(C)C)s1. The summed E-state index contributed by atoms with van der Waals surface area (Å²) >= 11 is 3.19. The molecule has 0 radical (unpaired) electrons. The summed E-state index contributed by atoms with van der Waals surface area (Å²) in [5, 5.41) is 21.8. The lowest BCUT2D eigenvalue weighted by Crippen LogP contribution is -2.47. The van der Waals surface area contributed by atoms with Gasteiger partial charge in [0.1, 0.15) is 0 Å². The van der Waals surface area contributed by atoms with Crippen molar-refractivity contribution in [1.82, 2.24) is 15.5 Å². The zero-order valence-corrected chi connectivity index (χ0v) is 12.4. The molecule has 1 unspecified atom stereocenters. The Hall–Kier alpha value is -0.370. The van der Waals surface area contributed by atoms with Crippen LogP contribution in [0.15, 0.2) is 4.34 Å². The molecule has 5 nitrogen and oxygen atoms in total. The van der Waals surface area contributed by atoms with Crippen molar-refractivity contribution in [2.45, 2.75) is 23.7 Å². The molecule has 1 aromatic rings. The minimum absolute atomic E-state index is 0.118. The molecule has 0 amide bonds. The van der Waals surface area contributed by atoms with Gasteiger partial charge in [-0.15, -0.1) is 10.2 Å². The summed E-state index contributed by atoms with van der Waals surface area (Å²) in [4.78, 5) is 1.94. The molecule has 7 heteroatoms. The number of aliphatic hydroxyl groups is 1. The number of hydrogen-bond donors (Lipinski definition) is 2. The fourth-order valence-corrected chi connectivity index (χ4v) is 3.11. The van der Waals surface area contributed by atoms with E-state index in [2.05, 4.69) is 15.5 Å². The number of aliphatic hydroxyl groups excluding tert-OH is 1. The molecule has 0 saturated carbocycles. The number of likely N-dealkylation sites (N-methyl/N-ethyl adjacent to an activating group) is 1. The lowest BCUT2D eigenvalue weighted by Gasteiger charge is -2.27. The van der Waals surface area contributed by atoms with Crippen molar-refractivity contribution in [3.05, 3.63) is 0 Å². The molecule has 1 atom stereocenters. The van der Waals surface area contributed by atoms with Gasteiger partial charge >= 0.3 is 0 Å². The second-order valence-electron chi connectivity index (χ2n) is 4.28. The second kappa shape index (κ2) is 6.53. The standard InChI is InChI=1S/C10H20N4OS2/c1-5-11-10(2,6-15)7-16-9-13-12-8(17-9)14(3)4/h11,15H,5-7H2,1-4H3. The molecule has 0 saturated heterocycles. The van der Waals surface area contributed by atoms with Crippen molar-refractivity contribution < 1.29 is 5.11 Å². The van der Waals surface area contributed by atoms with Crippen LogP contribution < -0.4 is 10.2 Å². The molecule has 0 aliphatic rings. The lowest BCUT2D eigenvalue weighted by molar-refractivity contribution is 0.194. The third-order valence-corrected chi connectivity index (χ3v) is 4.84. The van der Waals surface area contributed by atoms with Crippen LogP contribution in [0.5, 0.6) is 0 Å². The van der Waals surface area contributed by atoms with Gasteiger partial charge in [0.05, 0.1) is 6.61 Å². The van der Waals surface area contributed by atoms with Gasteiger partial charge in [-0.05, 0) is 13.5 Å². The van der Waals surface area contributed by atoms with E-state index in [1.165, 1.54) is 0 Å². The van der Waals surface area contributed by atoms with Gasteiger partial charge in [0.25, 0.3) is 0 Å². The van der Waals surface area contributed by atoms with Crippen LogP contribution in [-0.2, 0) is 0 Å². The zero-order valence-electron chi connectivity index (χ0n) is 10.7. The minimum Gasteiger partial charge on any atom is -0.394 e. The Balaban J connectivity index is 2.53. The van der Waals surface area contributed by atoms with E-state index in [9.17, 15) is 5.11 Å². The Kier molecular flexibility index (Phi) is 5.64. The fraction of sp³-hybridized carbons (Fsp3) is 0.800. The second-order valence-corrected chi connectivity index (χ2v) is 6.46. The van der Waals surface area contributed by atoms with Crippen molar-refractivity contribution in [3.63, 3.8) is 0 Å². The van der Waals surface area contributed by atoms with Crippen LogP contribution >= 0.6 is 23.1 Å². The van der Waals surface area contributed by atoms with Gasteiger partial charge in [-0.25, -0.2) is 0 Å². The van der Waals surface area contributed by atoms with E-state index in [-0.39, 0.29) is 12.1 Å². The maximum Gasteiger partial charge on any atom is 0.208 e. The summed E-state index contributed by atoms with van der Waals surface area (Å²) in [5.74, 6) is 0.777. The first-order chi connectivity index (χ1) is 8.00. The van der Waals surface area contributed by atoms with Gasteiger partial charge < -0.3 is 15.3 Å². The summed E-state index contributed by atoms with van der Waals surface area (Å²) in [7, 11) is 3.90. The smallest absolute Gasteiger partial charge is 0.208 e. The first kappa shape index (κ1) is 14.7. The summed E-state index contributed by atoms with van der Waals surface area (Å²) in [6.45, 7) is 5.01. The maximum absolute atomic E-state index is 9.37. The van der Waals surface area contributed by atoms with E-state index in [0.29, 0.717) is 0 Å². The van der Waals surface area contributed by atoms with Gasteiger partial charge in [0.2, 0.25) is 5.13 Å². The summed E-state index contributed by atoms with van der Waals surface area (Å²) in [6, 6.07) is 0. The number of thioether (sulfide) groups is 1. The highest BCUT2D eigenvalue weighted by molar-refractivity contribution is 8.01. The summed E-state index contributed by atoms with van der Waals surface area (Å²) < 4.78 is 0.936. The third kappa shape index (κ3) is 4.42. The molecule has 17 heavy (non-hydrogen) atoms. The van der Waals surface area contributed by atoms with Gasteiger partial charge in [-0.2, -0.15) is 0 Å². The zero-order chi connectivity index (χ0) is 12.9. The highest BCUT2D eigenvalue weighted by atomic mass is 32.2. The molecule has 0 aliphatic heterocycles. The molecule has 1 heterocycles. The van der Waals surface area contributed by atoms with Crippen molar-refractivity contribution in [3.8, 4) is 0 Å². The van der Waals surface area contributed by atoms with Gasteiger partial charge in [0.15, 0.2) is 4.34 Å². The molecule has 0 fully saturated rings. The van der Waals surface area contributed by atoms with E-state index in [4.69, 9.17) is 0 Å². The average molecular weight is 276 g/mol. The van der Waals surface area contributed by atoms with Crippen molar-refractivity contribution in [2.24, 2.45) is 0 Å². The highest BCUT2D eigenvalue weighted by Gasteiger charge is 2.23. The highest BCUT2D eigenvalue weighted by Crippen LogP contribution is 2.28. The molecule has 1 rings (SSSR count). The van der Waals surface area contributed by atoms with Crippen LogP contribution in [0.3, 0.4) is 0 Å². The number of nitrogens with zero attached hydrogens (tertiary/aromatic N) is 3. The monoisotopic (exact) mass is 276 g/mol. The molecular weight excluding hydrogens is 256 g/mol. The Morgan fingerprint density at radius 3 is 2.65 bits per heavy atom. The number of rotatable bonds is 7. The predicted octanol–water partition coefficient (Wildman–Crippen LogP) is 1.06. The van der Waals surface area contributed by atoms with E-state index in [1.807, 2.05) is 32.8 Å². The molecule has 2 N–H and O–H groups in total. The quantitative estimate of drug-likeness (QED) is 0.726. The fourth-order valence-electron chi connectivity index (χ4n) is 1.24. The van der Waals surface area contributed by atoms with E-state index >= 15 is 0 Å². The Morgan fingerprint density at radius 2 is 2.18 bits per heavy atom. The van der Waals surface area contributed by atoms with Gasteiger partial charge in [-0.3, -0.25) is 0 Å². The normalized spacial score (nSPS) is 14.6. The first-order valence-electron chi connectivity index (χ1n) is 5.50. The number of nitrogens with one attached hydrogen (secondary N) is 1. The topological polar surface area (TPSA) is 61.3 Å². The van der Waals surface area contributed by atoms with Crippen molar-refractivity contribution in [1.29, 1.82) is 0 Å².